The second-order valence-corrected chi connectivity index (χ2v) is 12.2. The van der Waals surface area contributed by atoms with Crippen molar-refractivity contribution in [2.24, 2.45) is 0 Å². The summed E-state index contributed by atoms with van der Waals surface area (Å²) in [6.07, 6.45) is 2.41. The molecular weight excluding hydrogens is 450 g/mol. The van der Waals surface area contributed by atoms with E-state index in [1.54, 1.807) is 44.2 Å². The number of sulfone groups is 1. The molecule has 0 aromatic heterocycles. The number of unbranched alkanes of at least 4 members (excludes halogenated alkanes) is 2. The lowest BCUT2D eigenvalue weighted by Gasteiger charge is -2.15. The van der Waals surface area contributed by atoms with Crippen molar-refractivity contribution in [1.29, 1.82) is 0 Å². The maximum atomic E-state index is 13.0. The molecule has 34 heavy (non-hydrogen) atoms. The van der Waals surface area contributed by atoms with Crippen LogP contribution in [0.3, 0.4) is 0 Å². The van der Waals surface area contributed by atoms with Gasteiger partial charge in [0.05, 0.1) is 27.8 Å². The van der Waals surface area contributed by atoms with Crippen LogP contribution in [0.15, 0.2) is 42.5 Å². The van der Waals surface area contributed by atoms with Gasteiger partial charge in [0.25, 0.3) is 11.8 Å². The Morgan fingerprint density at radius 3 is 2.12 bits per heavy atom. The minimum absolute atomic E-state index is 0.0320. The number of benzene rings is 2. The Labute approximate surface area is 202 Å². The number of ketones is 1. The lowest BCUT2D eigenvalue weighted by atomic mass is 10.00. The van der Waals surface area contributed by atoms with Crippen LogP contribution in [0.2, 0.25) is 0 Å². The number of anilines is 1. The second kappa shape index (κ2) is 10.6. The van der Waals surface area contributed by atoms with E-state index in [1.807, 2.05) is 12.1 Å². The van der Waals surface area contributed by atoms with Crippen LogP contribution in [0.4, 0.5) is 5.69 Å². The number of amides is 2. The van der Waals surface area contributed by atoms with Crippen molar-refractivity contribution in [3.63, 3.8) is 0 Å². The van der Waals surface area contributed by atoms with Crippen LogP contribution in [0, 0.1) is 0 Å². The summed E-state index contributed by atoms with van der Waals surface area (Å²) in [5, 5.41) is -0.376. The van der Waals surface area contributed by atoms with E-state index >= 15 is 0 Å². The summed E-state index contributed by atoms with van der Waals surface area (Å²) in [5.41, 5.74) is 3.03. The quantitative estimate of drug-likeness (QED) is 0.327. The van der Waals surface area contributed by atoms with Gasteiger partial charge in [-0.25, -0.2) is 13.3 Å². The molecule has 3 rings (SSSR count). The Bertz CT molecular complexity index is 1180. The third kappa shape index (κ3) is 5.81. The monoisotopic (exact) mass is 483 g/mol. The fourth-order valence-corrected chi connectivity index (χ4v) is 5.07. The van der Waals surface area contributed by atoms with Gasteiger partial charge in [0.2, 0.25) is 0 Å². The summed E-state index contributed by atoms with van der Waals surface area (Å²) in [6, 6.07) is 12.4. The Kier molecular flexibility index (Phi) is 8.08. The van der Waals surface area contributed by atoms with E-state index in [9.17, 15) is 22.8 Å². The van der Waals surface area contributed by atoms with E-state index in [2.05, 4.69) is 13.8 Å². The third-order valence-electron chi connectivity index (χ3n) is 6.27. The molecule has 0 radical (unpaired) electrons. The standard InChI is InChI=1S/C27H33NO5S/c1-18(2)21-10-12-22(13-11-21)28-26(30)24-14-9-20(17-25(24)27(28)31)16-23(29)8-6-5-7-15-34(32,33)19(3)4/h9-14,17-19H,5-8,15-16H2,1-4H3. The van der Waals surface area contributed by atoms with Crippen molar-refractivity contribution in [3.8, 4) is 0 Å². The molecule has 0 N–H and O–H groups in total. The number of Topliss-reactive ketones (excluding diaryl/α,β-unsaturated/α-hetero) is 1. The maximum Gasteiger partial charge on any atom is 0.266 e. The fourth-order valence-electron chi connectivity index (χ4n) is 3.99. The number of carbonyl (C=O) groups excluding carboxylic acids is 3. The minimum Gasteiger partial charge on any atom is -0.299 e. The summed E-state index contributed by atoms with van der Waals surface area (Å²) >= 11 is 0. The first kappa shape index (κ1) is 25.8. The van der Waals surface area contributed by atoms with E-state index in [1.165, 1.54) is 4.90 Å². The first-order chi connectivity index (χ1) is 16.0. The summed E-state index contributed by atoms with van der Waals surface area (Å²) in [4.78, 5) is 39.5. The fraction of sp³-hybridized carbons (Fsp3) is 0.444. The molecule has 1 heterocycles. The first-order valence-corrected chi connectivity index (χ1v) is 13.6. The van der Waals surface area contributed by atoms with Gasteiger partial charge in [-0.1, -0.05) is 38.5 Å². The van der Waals surface area contributed by atoms with Crippen LogP contribution in [0.25, 0.3) is 0 Å². The molecule has 7 heteroatoms. The summed E-state index contributed by atoms with van der Waals surface area (Å²) in [6.45, 7) is 7.51. The number of rotatable bonds is 11. The lowest BCUT2D eigenvalue weighted by Crippen LogP contribution is -2.29. The van der Waals surface area contributed by atoms with Crippen LogP contribution < -0.4 is 4.90 Å². The molecule has 2 aromatic rings. The molecule has 0 spiro atoms. The molecule has 0 saturated carbocycles. The average molecular weight is 484 g/mol. The predicted octanol–water partition coefficient (Wildman–Crippen LogP) is 5.11. The molecule has 0 fully saturated rings. The predicted molar refractivity (Wildman–Crippen MR) is 134 cm³/mol. The Hall–Kier alpha value is -2.80. The molecule has 6 nitrogen and oxygen atoms in total. The van der Waals surface area contributed by atoms with Gasteiger partial charge in [-0.15, -0.1) is 0 Å². The zero-order valence-electron chi connectivity index (χ0n) is 20.3. The molecule has 1 aliphatic heterocycles. The molecule has 1 aliphatic rings. The first-order valence-electron chi connectivity index (χ1n) is 11.9. The maximum absolute atomic E-state index is 13.0. The lowest BCUT2D eigenvalue weighted by molar-refractivity contribution is -0.118. The highest BCUT2D eigenvalue weighted by Crippen LogP contribution is 2.30. The zero-order valence-corrected chi connectivity index (χ0v) is 21.2. The largest absolute Gasteiger partial charge is 0.299 e. The van der Waals surface area contributed by atoms with Gasteiger partial charge in [0.1, 0.15) is 5.78 Å². The molecular formula is C27H33NO5S. The molecule has 0 saturated heterocycles. The number of fused-ring (bicyclic) bond motifs is 1. The Balaban J connectivity index is 1.59. The van der Waals surface area contributed by atoms with E-state index in [-0.39, 0.29) is 35.0 Å². The van der Waals surface area contributed by atoms with E-state index in [0.29, 0.717) is 54.0 Å². The molecule has 2 aromatic carbocycles. The molecule has 0 unspecified atom stereocenters. The molecule has 0 atom stereocenters. The van der Waals surface area contributed by atoms with Gasteiger partial charge in [0, 0.05) is 12.8 Å². The molecule has 2 amide bonds. The smallest absolute Gasteiger partial charge is 0.266 e. The van der Waals surface area contributed by atoms with Crippen molar-refractivity contribution in [3.05, 3.63) is 64.7 Å². The van der Waals surface area contributed by atoms with Crippen molar-refractivity contribution in [2.45, 2.75) is 71.0 Å². The average Bonchev–Trinajstić information content (AvgIpc) is 3.03. The van der Waals surface area contributed by atoms with Crippen molar-refractivity contribution in [2.75, 3.05) is 10.7 Å². The van der Waals surface area contributed by atoms with Crippen LogP contribution in [0.1, 0.15) is 91.1 Å². The Morgan fingerprint density at radius 1 is 0.853 bits per heavy atom. The number of nitrogens with zero attached hydrogens (tertiary/aromatic N) is 1. The highest BCUT2D eigenvalue weighted by atomic mass is 32.2. The summed E-state index contributed by atoms with van der Waals surface area (Å²) < 4.78 is 23.7. The Morgan fingerprint density at radius 2 is 1.50 bits per heavy atom. The summed E-state index contributed by atoms with van der Waals surface area (Å²) in [7, 11) is -3.04. The minimum atomic E-state index is -3.04. The van der Waals surface area contributed by atoms with Crippen molar-refractivity contribution in [1.82, 2.24) is 0 Å². The van der Waals surface area contributed by atoms with Crippen LogP contribution in [0.5, 0.6) is 0 Å². The SMILES string of the molecule is CC(C)c1ccc(N2C(=O)c3ccc(CC(=O)CCCCCS(=O)(=O)C(C)C)cc3C2=O)cc1. The van der Waals surface area contributed by atoms with Gasteiger partial charge in [-0.2, -0.15) is 0 Å². The number of carbonyl (C=O) groups is 3. The zero-order chi connectivity index (χ0) is 25.0. The van der Waals surface area contributed by atoms with E-state index < -0.39 is 9.84 Å². The van der Waals surface area contributed by atoms with E-state index in [0.717, 1.165) is 5.56 Å². The molecule has 0 bridgehead atoms. The van der Waals surface area contributed by atoms with Gasteiger partial charge in [-0.3, -0.25) is 14.4 Å². The topological polar surface area (TPSA) is 88.6 Å². The highest BCUT2D eigenvalue weighted by Gasteiger charge is 2.36. The van der Waals surface area contributed by atoms with Crippen molar-refractivity contribution < 1.29 is 22.8 Å². The number of hydrogen-bond donors (Lipinski definition) is 0. The number of imide groups is 1. The summed E-state index contributed by atoms with van der Waals surface area (Å²) in [5.74, 6) is -0.199. The van der Waals surface area contributed by atoms with Gasteiger partial charge >= 0.3 is 0 Å². The molecule has 182 valence electrons. The third-order valence-corrected chi connectivity index (χ3v) is 8.57. The van der Waals surface area contributed by atoms with Crippen LogP contribution in [-0.4, -0.2) is 37.0 Å². The van der Waals surface area contributed by atoms with Crippen LogP contribution >= 0.6 is 0 Å². The van der Waals surface area contributed by atoms with E-state index in [4.69, 9.17) is 0 Å². The second-order valence-electron chi connectivity index (χ2n) is 9.51. The van der Waals surface area contributed by atoms with Gasteiger partial charge in [0.15, 0.2) is 9.84 Å². The number of hydrogen-bond acceptors (Lipinski definition) is 5. The molecule has 0 aliphatic carbocycles. The highest BCUT2D eigenvalue weighted by molar-refractivity contribution is 7.91. The van der Waals surface area contributed by atoms with Crippen LogP contribution in [-0.2, 0) is 21.1 Å². The van der Waals surface area contributed by atoms with Crippen molar-refractivity contribution >= 4 is 33.1 Å². The van der Waals surface area contributed by atoms with Gasteiger partial charge in [-0.05, 0) is 68.0 Å². The van der Waals surface area contributed by atoms with Gasteiger partial charge < -0.3 is 0 Å². The normalized spacial score (nSPS) is 13.8.